The molecule has 0 bridgehead atoms. The average Bonchev–Trinajstić information content (AvgIpc) is 2.14. The van der Waals surface area contributed by atoms with E-state index in [2.05, 4.69) is 25.8 Å². The number of nitrogens with one attached hydrogen (secondary N) is 1. The fraction of sp³-hybridized carbons (Fsp3) is 0. The van der Waals surface area contributed by atoms with Gasteiger partial charge in [0.15, 0.2) is 0 Å². The normalized spacial score (nSPS) is 27.1. The summed E-state index contributed by atoms with van der Waals surface area (Å²) < 4.78 is 18.0. The molecule has 1 aliphatic rings. The molecule has 0 saturated heterocycles. The predicted octanol–water partition coefficient (Wildman–Crippen LogP) is 0.0339. The maximum absolute atomic E-state index is 10.2. The fourth-order valence-electron chi connectivity index (χ4n) is 0.212. The molecule has 1 unspecified atom stereocenters. The summed E-state index contributed by atoms with van der Waals surface area (Å²) in [5, 5.41) is 0.423. The average molecular weight is 170 g/mol. The molecule has 1 rings (SSSR count). The summed E-state index contributed by atoms with van der Waals surface area (Å²) in [5.74, 6) is 0. The summed E-state index contributed by atoms with van der Waals surface area (Å²) in [6, 6.07) is 0. The van der Waals surface area contributed by atoms with E-state index in [1.165, 1.54) is 0 Å². The molecule has 0 aromatic heterocycles. The van der Waals surface area contributed by atoms with E-state index in [0.29, 0.717) is 5.17 Å². The summed E-state index contributed by atoms with van der Waals surface area (Å²) in [5.41, 5.74) is 2.29. The van der Waals surface area contributed by atoms with Gasteiger partial charge >= 0.3 is 11.3 Å². The first-order chi connectivity index (χ1) is 3.83. The highest BCUT2D eigenvalue weighted by atomic mass is 33.1. The summed E-state index contributed by atoms with van der Waals surface area (Å²) >= 11 is 2.22. The van der Waals surface area contributed by atoms with Gasteiger partial charge in [0.2, 0.25) is 5.17 Å². The quantitative estimate of drug-likeness (QED) is 0.398. The summed E-state index contributed by atoms with van der Waals surface area (Å²) in [4.78, 5) is 0. The van der Waals surface area contributed by atoms with Crippen molar-refractivity contribution in [3.8, 4) is 0 Å². The number of amidine groups is 1. The van der Waals surface area contributed by atoms with Gasteiger partial charge in [0, 0.05) is 0 Å². The van der Waals surface area contributed by atoms with Gasteiger partial charge in [0.1, 0.15) is 0 Å². The van der Waals surface area contributed by atoms with Crippen LogP contribution in [0, 0.1) is 0 Å². The molecule has 4 nitrogen and oxygen atoms in total. The molecule has 1 N–H and O–H groups in total. The maximum atomic E-state index is 10.2. The zero-order valence-electron chi connectivity index (χ0n) is 3.53. The Bertz CT molecular complexity index is 144. The first-order valence-electron chi connectivity index (χ1n) is 1.58. The van der Waals surface area contributed by atoms with Crippen molar-refractivity contribution < 1.29 is 8.49 Å². The van der Waals surface area contributed by atoms with E-state index >= 15 is 0 Å². The summed E-state index contributed by atoms with van der Waals surface area (Å²) in [6.07, 6.45) is 0. The number of hydroxylamine groups is 1. The Balaban J connectivity index is 2.57. The Kier molecular flexibility index (Phi) is 2.17. The summed E-state index contributed by atoms with van der Waals surface area (Å²) in [6.45, 7) is 0. The topological polar surface area (TPSA) is 50.7 Å². The number of rotatable bonds is 0. The third kappa shape index (κ3) is 1.38. The second-order valence-electron chi connectivity index (χ2n) is 0.890. The summed E-state index contributed by atoms with van der Waals surface area (Å²) in [7, 11) is 1.05. The van der Waals surface area contributed by atoms with Crippen LogP contribution in [0.2, 0.25) is 0 Å². The van der Waals surface area contributed by atoms with Crippen molar-refractivity contribution in [3.63, 3.8) is 0 Å². The molecule has 1 atom stereocenters. The van der Waals surface area contributed by atoms with Crippen molar-refractivity contribution in [3.05, 3.63) is 0 Å². The molecule has 1 aliphatic heterocycles. The highest BCUT2D eigenvalue weighted by Crippen LogP contribution is 2.11. The van der Waals surface area contributed by atoms with Crippen molar-refractivity contribution in [2.45, 2.75) is 0 Å². The van der Waals surface area contributed by atoms with Crippen LogP contribution < -0.4 is 5.48 Å². The lowest BCUT2D eigenvalue weighted by Gasteiger charge is -1.86. The first-order valence-corrected chi connectivity index (χ1v) is 4.48. The van der Waals surface area contributed by atoms with Gasteiger partial charge in [-0.3, -0.25) is 0 Å². The minimum atomic E-state index is -1.55. The van der Waals surface area contributed by atoms with Crippen molar-refractivity contribution in [2.24, 2.45) is 4.40 Å². The Morgan fingerprint density at radius 2 is 2.75 bits per heavy atom. The van der Waals surface area contributed by atoms with E-state index in [4.69, 9.17) is 0 Å². The molecule has 0 radical (unpaired) electrons. The van der Waals surface area contributed by atoms with E-state index in [1.54, 1.807) is 0 Å². The minimum absolute atomic E-state index is 0.423. The van der Waals surface area contributed by atoms with E-state index in [9.17, 15) is 4.21 Å². The smallest absolute Gasteiger partial charge is 0.225 e. The van der Waals surface area contributed by atoms with Gasteiger partial charge < -0.3 is 0 Å². The molecular formula is CH2N2O2S3. The van der Waals surface area contributed by atoms with Crippen LogP contribution in [0.5, 0.6) is 0 Å². The Labute approximate surface area is 57.6 Å². The molecule has 0 saturated carbocycles. The van der Waals surface area contributed by atoms with E-state index < -0.39 is 11.3 Å². The Morgan fingerprint density at radius 3 is 3.00 bits per heavy atom. The van der Waals surface area contributed by atoms with Crippen LogP contribution in [0.1, 0.15) is 0 Å². The third-order valence-corrected chi connectivity index (χ3v) is 1.98. The van der Waals surface area contributed by atoms with Gasteiger partial charge in [0.25, 0.3) is 0 Å². The Hall–Kier alpha value is 0.280. The predicted molar refractivity (Wildman–Crippen MR) is 36.4 cm³/mol. The zero-order valence-corrected chi connectivity index (χ0v) is 6.05. The SMILES string of the molecule is O=S1N=C(SS)NO1. The van der Waals surface area contributed by atoms with E-state index in [1.807, 2.05) is 0 Å². The third-order valence-electron chi connectivity index (χ3n) is 0.444. The lowest BCUT2D eigenvalue weighted by atomic mass is 11.4. The van der Waals surface area contributed by atoms with Gasteiger partial charge in [0.05, 0.1) is 0 Å². The molecule has 8 heavy (non-hydrogen) atoms. The zero-order chi connectivity index (χ0) is 5.98. The largest absolute Gasteiger partial charge is 0.310 e. The monoisotopic (exact) mass is 170 g/mol. The number of thiol groups is 1. The van der Waals surface area contributed by atoms with Crippen molar-refractivity contribution in [1.29, 1.82) is 0 Å². The standard InChI is InChI=1S/CH2N2O2S3/c4-8-3-1(7-6)2-5-8/h6H,(H,2,3). The lowest BCUT2D eigenvalue weighted by Crippen LogP contribution is -2.11. The van der Waals surface area contributed by atoms with Crippen LogP contribution in [0.4, 0.5) is 0 Å². The molecule has 7 heteroatoms. The van der Waals surface area contributed by atoms with Crippen LogP contribution in [-0.4, -0.2) is 9.38 Å². The van der Waals surface area contributed by atoms with Gasteiger partial charge in [-0.1, -0.05) is 0 Å². The molecule has 0 aliphatic carbocycles. The van der Waals surface area contributed by atoms with Crippen LogP contribution in [0.15, 0.2) is 4.40 Å². The van der Waals surface area contributed by atoms with Gasteiger partial charge in [-0.2, -0.15) is 4.28 Å². The van der Waals surface area contributed by atoms with Crippen LogP contribution >= 0.6 is 22.5 Å². The Morgan fingerprint density at radius 1 is 2.00 bits per heavy atom. The van der Waals surface area contributed by atoms with Gasteiger partial charge in [-0.25, -0.2) is 9.69 Å². The highest BCUT2D eigenvalue weighted by Gasteiger charge is 2.10. The second kappa shape index (κ2) is 2.72. The maximum Gasteiger partial charge on any atom is 0.310 e. The van der Waals surface area contributed by atoms with E-state index in [0.717, 1.165) is 10.8 Å². The fourth-order valence-corrected chi connectivity index (χ4v) is 1.43. The number of hydrogen-bond acceptors (Lipinski definition) is 5. The molecule has 0 aromatic carbocycles. The van der Waals surface area contributed by atoms with Crippen molar-refractivity contribution in [2.75, 3.05) is 0 Å². The molecule has 0 spiro atoms. The molecule has 0 amide bonds. The number of hydrogen-bond donors (Lipinski definition) is 2. The highest BCUT2D eigenvalue weighted by molar-refractivity contribution is 8.75. The lowest BCUT2D eigenvalue weighted by molar-refractivity contribution is 0.308. The number of nitrogens with zero attached hydrogens (tertiary/aromatic N) is 1. The molecule has 46 valence electrons. The van der Waals surface area contributed by atoms with E-state index in [-0.39, 0.29) is 0 Å². The molecular weight excluding hydrogens is 168 g/mol. The van der Waals surface area contributed by atoms with Crippen molar-refractivity contribution >= 4 is 38.9 Å². The van der Waals surface area contributed by atoms with Crippen LogP contribution in [-0.2, 0) is 15.6 Å². The van der Waals surface area contributed by atoms with Gasteiger partial charge in [-0.15, -0.1) is 16.1 Å². The first kappa shape index (κ1) is 6.40. The molecule has 1 heterocycles. The van der Waals surface area contributed by atoms with Crippen LogP contribution in [0.3, 0.4) is 0 Å². The van der Waals surface area contributed by atoms with Crippen LogP contribution in [0.25, 0.3) is 0 Å². The minimum Gasteiger partial charge on any atom is -0.225 e. The molecule has 0 aromatic rings. The second-order valence-corrected chi connectivity index (χ2v) is 2.79. The molecule has 0 fully saturated rings. The van der Waals surface area contributed by atoms with Gasteiger partial charge in [-0.05, 0) is 10.8 Å². The van der Waals surface area contributed by atoms with Crippen molar-refractivity contribution in [1.82, 2.24) is 5.48 Å².